The normalized spacial score (nSPS) is 13.1. The van der Waals surface area contributed by atoms with Crippen LogP contribution in [-0.4, -0.2) is 18.6 Å². The smallest absolute Gasteiger partial charge is 0.396 e. The molecule has 0 aromatic heterocycles. The van der Waals surface area contributed by atoms with E-state index in [-0.39, 0.29) is 12.1 Å². The zero-order valence-corrected chi connectivity index (χ0v) is 10.2. The van der Waals surface area contributed by atoms with Crippen LogP contribution in [0.15, 0.2) is 18.2 Å². The molecule has 0 aliphatic heterocycles. The Labute approximate surface area is 107 Å². The van der Waals surface area contributed by atoms with Gasteiger partial charge in [0.05, 0.1) is 11.6 Å². The average Bonchev–Trinajstić information content (AvgIpc) is 2.31. The molecule has 1 rings (SSSR count). The van der Waals surface area contributed by atoms with Crippen molar-refractivity contribution >= 4 is 11.6 Å². The number of nitrogens with two attached hydrogens (primary N) is 1. The molecule has 1 aromatic rings. The van der Waals surface area contributed by atoms with Crippen molar-refractivity contribution in [3.05, 3.63) is 29.6 Å². The lowest BCUT2D eigenvalue weighted by atomic mass is 9.95. The van der Waals surface area contributed by atoms with E-state index in [1.165, 1.54) is 12.1 Å². The van der Waals surface area contributed by atoms with Gasteiger partial charge in [-0.3, -0.25) is 4.79 Å². The molecule has 3 N–H and O–H groups in total. The largest absolute Gasteiger partial charge is 0.405 e. The van der Waals surface area contributed by atoms with Crippen LogP contribution in [0, 0.1) is 5.82 Å². The van der Waals surface area contributed by atoms with Gasteiger partial charge in [0.15, 0.2) is 0 Å². The van der Waals surface area contributed by atoms with Crippen LogP contribution >= 0.6 is 0 Å². The van der Waals surface area contributed by atoms with Crippen molar-refractivity contribution < 1.29 is 22.4 Å². The molecule has 3 nitrogen and oxygen atoms in total. The van der Waals surface area contributed by atoms with Gasteiger partial charge in [-0.05, 0) is 24.1 Å². The predicted octanol–water partition coefficient (Wildman–Crippen LogP) is 2.58. The first-order chi connectivity index (χ1) is 8.74. The van der Waals surface area contributed by atoms with E-state index in [1.54, 1.807) is 12.2 Å². The Hall–Kier alpha value is -1.79. The van der Waals surface area contributed by atoms with Crippen LogP contribution < -0.4 is 11.1 Å². The summed E-state index contributed by atoms with van der Waals surface area (Å²) in [5, 5.41) is 1.79. The molecule has 1 amide bonds. The summed E-state index contributed by atoms with van der Waals surface area (Å²) in [5.41, 5.74) is 5.52. The molecule has 0 fully saturated rings. The second-order valence-electron chi connectivity index (χ2n) is 4.07. The first-order valence-corrected chi connectivity index (χ1v) is 5.64. The Morgan fingerprint density at radius 2 is 2.05 bits per heavy atom. The number of amides is 1. The van der Waals surface area contributed by atoms with Gasteiger partial charge in [-0.25, -0.2) is 4.39 Å². The van der Waals surface area contributed by atoms with Crippen LogP contribution in [0.2, 0.25) is 0 Å². The van der Waals surface area contributed by atoms with E-state index in [0.29, 0.717) is 5.56 Å². The lowest BCUT2D eigenvalue weighted by molar-refractivity contribution is -0.139. The first-order valence-electron chi connectivity index (χ1n) is 5.64. The molecule has 0 spiro atoms. The highest BCUT2D eigenvalue weighted by atomic mass is 19.4. The summed E-state index contributed by atoms with van der Waals surface area (Å²) in [4.78, 5) is 11.7. The SMILES string of the molecule is CCC(C(=O)NCC(F)(F)F)c1ccc(N)c(F)c1. The Morgan fingerprint density at radius 1 is 1.42 bits per heavy atom. The highest BCUT2D eigenvalue weighted by Gasteiger charge is 2.29. The second kappa shape index (κ2) is 5.90. The maximum Gasteiger partial charge on any atom is 0.405 e. The fourth-order valence-corrected chi connectivity index (χ4v) is 1.64. The minimum absolute atomic E-state index is 0.0747. The number of hydrogen-bond donors (Lipinski definition) is 2. The van der Waals surface area contributed by atoms with Crippen LogP contribution in [-0.2, 0) is 4.79 Å². The minimum atomic E-state index is -4.47. The molecular weight excluding hydrogens is 264 g/mol. The van der Waals surface area contributed by atoms with Crippen molar-refractivity contribution in [3.63, 3.8) is 0 Å². The van der Waals surface area contributed by atoms with E-state index >= 15 is 0 Å². The number of hydrogen-bond acceptors (Lipinski definition) is 2. The van der Waals surface area contributed by atoms with Gasteiger partial charge in [0.25, 0.3) is 0 Å². The first kappa shape index (κ1) is 15.3. The molecule has 1 aromatic carbocycles. The standard InChI is InChI=1S/C12H14F4N2O/c1-2-8(11(19)18-6-12(14,15)16)7-3-4-10(17)9(13)5-7/h3-5,8H,2,6,17H2,1H3,(H,18,19). The number of carbonyl (C=O) groups excluding carboxylic acids is 1. The Kier molecular flexibility index (Phi) is 4.74. The Balaban J connectivity index is 2.82. The average molecular weight is 278 g/mol. The van der Waals surface area contributed by atoms with Gasteiger partial charge >= 0.3 is 6.18 Å². The summed E-state index contributed by atoms with van der Waals surface area (Å²) in [5.74, 6) is -2.32. The molecule has 0 aliphatic carbocycles. The third kappa shape index (κ3) is 4.42. The molecule has 19 heavy (non-hydrogen) atoms. The number of halogens is 4. The second-order valence-corrected chi connectivity index (χ2v) is 4.07. The maximum absolute atomic E-state index is 13.3. The molecular formula is C12H14F4N2O. The molecule has 0 radical (unpaired) electrons. The van der Waals surface area contributed by atoms with Crippen molar-refractivity contribution in [3.8, 4) is 0 Å². The molecule has 0 saturated heterocycles. The third-order valence-corrected chi connectivity index (χ3v) is 2.61. The number of nitrogen functional groups attached to an aromatic ring is 1. The number of carbonyl (C=O) groups is 1. The molecule has 106 valence electrons. The topological polar surface area (TPSA) is 55.1 Å². The lowest BCUT2D eigenvalue weighted by Crippen LogP contribution is -2.36. The monoisotopic (exact) mass is 278 g/mol. The zero-order chi connectivity index (χ0) is 14.6. The molecule has 0 aliphatic rings. The van der Waals surface area contributed by atoms with Gasteiger partial charge in [0, 0.05) is 0 Å². The Morgan fingerprint density at radius 3 is 2.53 bits per heavy atom. The van der Waals surface area contributed by atoms with Gasteiger partial charge in [-0.15, -0.1) is 0 Å². The number of benzene rings is 1. The van der Waals surface area contributed by atoms with E-state index < -0.39 is 30.4 Å². The highest BCUT2D eigenvalue weighted by Crippen LogP contribution is 2.23. The lowest BCUT2D eigenvalue weighted by Gasteiger charge is -2.16. The van der Waals surface area contributed by atoms with Crippen molar-refractivity contribution in [1.29, 1.82) is 0 Å². The third-order valence-electron chi connectivity index (χ3n) is 2.61. The van der Waals surface area contributed by atoms with Crippen LogP contribution in [0.3, 0.4) is 0 Å². The summed E-state index contributed by atoms with van der Waals surface area (Å²) in [6.45, 7) is 0.228. The summed E-state index contributed by atoms with van der Waals surface area (Å²) in [7, 11) is 0. The molecule has 0 heterocycles. The molecule has 1 atom stereocenters. The van der Waals surface area contributed by atoms with Gasteiger partial charge < -0.3 is 11.1 Å². The maximum atomic E-state index is 13.3. The Bertz CT molecular complexity index is 460. The van der Waals surface area contributed by atoms with Gasteiger partial charge in [0.2, 0.25) is 5.91 Å². The van der Waals surface area contributed by atoms with Gasteiger partial charge in [-0.1, -0.05) is 13.0 Å². The van der Waals surface area contributed by atoms with E-state index in [0.717, 1.165) is 6.07 Å². The fraction of sp³-hybridized carbons (Fsp3) is 0.417. The summed E-state index contributed by atoms with van der Waals surface area (Å²) >= 11 is 0. The van der Waals surface area contributed by atoms with Gasteiger partial charge in [-0.2, -0.15) is 13.2 Å². The van der Waals surface area contributed by atoms with E-state index in [2.05, 4.69) is 0 Å². The number of nitrogens with one attached hydrogen (secondary N) is 1. The number of rotatable bonds is 4. The van der Waals surface area contributed by atoms with E-state index in [9.17, 15) is 22.4 Å². The predicted molar refractivity (Wildman–Crippen MR) is 62.9 cm³/mol. The van der Waals surface area contributed by atoms with Crippen molar-refractivity contribution in [2.75, 3.05) is 12.3 Å². The summed E-state index contributed by atoms with van der Waals surface area (Å²) < 4.78 is 49.3. The van der Waals surface area contributed by atoms with Crippen LogP contribution in [0.25, 0.3) is 0 Å². The van der Waals surface area contributed by atoms with Crippen LogP contribution in [0.4, 0.5) is 23.2 Å². The van der Waals surface area contributed by atoms with Crippen LogP contribution in [0.5, 0.6) is 0 Å². The summed E-state index contributed by atoms with van der Waals surface area (Å²) in [6.07, 6.45) is -4.21. The van der Waals surface area contributed by atoms with E-state index in [1.807, 2.05) is 0 Å². The van der Waals surface area contributed by atoms with Gasteiger partial charge in [0.1, 0.15) is 12.4 Å². The zero-order valence-electron chi connectivity index (χ0n) is 10.2. The fourth-order valence-electron chi connectivity index (χ4n) is 1.64. The molecule has 1 unspecified atom stereocenters. The summed E-state index contributed by atoms with van der Waals surface area (Å²) in [6, 6.07) is 3.78. The minimum Gasteiger partial charge on any atom is -0.396 e. The van der Waals surface area contributed by atoms with Crippen LogP contribution in [0.1, 0.15) is 24.8 Å². The van der Waals surface area contributed by atoms with Crippen molar-refractivity contribution in [1.82, 2.24) is 5.32 Å². The van der Waals surface area contributed by atoms with E-state index in [4.69, 9.17) is 5.73 Å². The molecule has 0 bridgehead atoms. The number of alkyl halides is 3. The molecule has 7 heteroatoms. The number of anilines is 1. The quantitative estimate of drug-likeness (QED) is 0.657. The van der Waals surface area contributed by atoms with Crippen molar-refractivity contribution in [2.24, 2.45) is 0 Å². The van der Waals surface area contributed by atoms with Crippen molar-refractivity contribution in [2.45, 2.75) is 25.4 Å². The highest BCUT2D eigenvalue weighted by molar-refractivity contribution is 5.83. The molecule has 0 saturated carbocycles.